The van der Waals surface area contributed by atoms with Gasteiger partial charge in [-0.3, -0.25) is 9.69 Å². The van der Waals surface area contributed by atoms with E-state index < -0.39 is 5.54 Å². The maximum absolute atomic E-state index is 13.1. The third-order valence-corrected chi connectivity index (χ3v) is 5.27. The van der Waals surface area contributed by atoms with Gasteiger partial charge in [-0.2, -0.15) is 0 Å². The SMILES string of the molecule is CC(NC(=O)c1ccc(N2CCOC2=O)cc1)(c1ccccc1)c1ccccc1. The Hall–Kier alpha value is -3.60. The summed E-state index contributed by atoms with van der Waals surface area (Å²) in [5.74, 6) is -0.184. The summed E-state index contributed by atoms with van der Waals surface area (Å²) in [6.45, 7) is 2.90. The van der Waals surface area contributed by atoms with E-state index in [1.165, 1.54) is 0 Å². The summed E-state index contributed by atoms with van der Waals surface area (Å²) >= 11 is 0. The van der Waals surface area contributed by atoms with Gasteiger partial charge >= 0.3 is 6.09 Å². The summed E-state index contributed by atoms with van der Waals surface area (Å²) in [4.78, 5) is 26.4. The molecule has 146 valence electrons. The Morgan fingerprint density at radius 1 is 0.897 bits per heavy atom. The van der Waals surface area contributed by atoms with E-state index in [1.54, 1.807) is 29.2 Å². The van der Waals surface area contributed by atoms with Gasteiger partial charge in [-0.05, 0) is 42.3 Å². The van der Waals surface area contributed by atoms with Crippen LogP contribution in [-0.2, 0) is 10.3 Å². The highest BCUT2D eigenvalue weighted by molar-refractivity contribution is 5.96. The van der Waals surface area contributed by atoms with Gasteiger partial charge in [0.05, 0.1) is 12.1 Å². The van der Waals surface area contributed by atoms with Crippen molar-refractivity contribution < 1.29 is 14.3 Å². The Kier molecular flexibility index (Phi) is 5.04. The van der Waals surface area contributed by atoms with Crippen molar-refractivity contribution >= 4 is 17.7 Å². The number of carbonyl (C=O) groups is 2. The molecule has 0 bridgehead atoms. The van der Waals surface area contributed by atoms with Crippen LogP contribution in [0.25, 0.3) is 0 Å². The molecule has 29 heavy (non-hydrogen) atoms. The fourth-order valence-corrected chi connectivity index (χ4v) is 3.57. The van der Waals surface area contributed by atoms with Gasteiger partial charge in [-0.25, -0.2) is 4.79 Å². The van der Waals surface area contributed by atoms with Crippen molar-refractivity contribution in [2.75, 3.05) is 18.1 Å². The molecule has 0 atom stereocenters. The highest BCUT2D eigenvalue weighted by Gasteiger charge is 2.31. The van der Waals surface area contributed by atoms with Gasteiger partial charge in [0.25, 0.3) is 5.91 Å². The first-order valence-corrected chi connectivity index (χ1v) is 9.56. The number of nitrogens with zero attached hydrogens (tertiary/aromatic N) is 1. The molecule has 0 aromatic heterocycles. The molecule has 4 rings (SSSR count). The number of benzene rings is 3. The lowest BCUT2D eigenvalue weighted by molar-refractivity contribution is 0.0919. The molecule has 0 spiro atoms. The minimum absolute atomic E-state index is 0.184. The molecular weight excluding hydrogens is 364 g/mol. The maximum Gasteiger partial charge on any atom is 0.414 e. The van der Waals surface area contributed by atoms with E-state index >= 15 is 0 Å². The molecule has 1 aliphatic heterocycles. The first-order valence-electron chi connectivity index (χ1n) is 9.56. The van der Waals surface area contributed by atoms with Gasteiger partial charge in [0.1, 0.15) is 6.61 Å². The van der Waals surface area contributed by atoms with Crippen LogP contribution < -0.4 is 10.2 Å². The minimum atomic E-state index is -0.683. The zero-order valence-corrected chi connectivity index (χ0v) is 16.2. The summed E-state index contributed by atoms with van der Waals surface area (Å²) < 4.78 is 4.97. The molecule has 0 unspecified atom stereocenters. The Balaban J connectivity index is 1.61. The van der Waals surface area contributed by atoms with Crippen LogP contribution in [0.1, 0.15) is 28.4 Å². The number of amides is 2. The van der Waals surface area contributed by atoms with E-state index in [1.807, 2.05) is 67.6 Å². The predicted octanol–water partition coefficient (Wildman–Crippen LogP) is 4.34. The first kappa shape index (κ1) is 18.7. The van der Waals surface area contributed by atoms with Crippen molar-refractivity contribution in [1.82, 2.24) is 5.32 Å². The predicted molar refractivity (Wildman–Crippen MR) is 112 cm³/mol. The van der Waals surface area contributed by atoms with E-state index in [9.17, 15) is 9.59 Å². The highest BCUT2D eigenvalue weighted by Crippen LogP contribution is 2.30. The van der Waals surface area contributed by atoms with Crippen LogP contribution in [0.15, 0.2) is 84.9 Å². The summed E-state index contributed by atoms with van der Waals surface area (Å²) in [7, 11) is 0. The lowest BCUT2D eigenvalue weighted by Gasteiger charge is -2.32. The number of carbonyl (C=O) groups excluding carboxylic acids is 2. The minimum Gasteiger partial charge on any atom is -0.447 e. The molecule has 2 amide bonds. The van der Waals surface area contributed by atoms with Crippen molar-refractivity contribution in [2.24, 2.45) is 0 Å². The normalized spacial score (nSPS) is 13.8. The van der Waals surface area contributed by atoms with Gasteiger partial charge in [0, 0.05) is 11.3 Å². The second-order valence-corrected chi connectivity index (χ2v) is 7.12. The van der Waals surface area contributed by atoms with Crippen LogP contribution in [0.3, 0.4) is 0 Å². The summed E-state index contributed by atoms with van der Waals surface area (Å²) in [5.41, 5.74) is 2.56. The van der Waals surface area contributed by atoms with E-state index in [0.29, 0.717) is 18.7 Å². The molecular formula is C24H22N2O3. The first-order chi connectivity index (χ1) is 14.1. The second kappa shape index (κ2) is 7.80. The van der Waals surface area contributed by atoms with Gasteiger partial charge < -0.3 is 10.1 Å². The Labute approximate surface area is 169 Å². The van der Waals surface area contributed by atoms with E-state index in [-0.39, 0.29) is 12.0 Å². The number of anilines is 1. The molecule has 5 heteroatoms. The van der Waals surface area contributed by atoms with Crippen molar-refractivity contribution in [3.8, 4) is 0 Å². The van der Waals surface area contributed by atoms with Gasteiger partial charge in [0.15, 0.2) is 0 Å². The lowest BCUT2D eigenvalue weighted by Crippen LogP contribution is -2.44. The van der Waals surface area contributed by atoms with Crippen LogP contribution in [0.5, 0.6) is 0 Å². The standard InChI is InChI=1S/C24H22N2O3/c1-24(19-8-4-2-5-9-19,20-10-6-3-7-11-20)25-22(27)18-12-14-21(15-13-18)26-16-17-29-23(26)28/h2-15H,16-17H2,1H3,(H,25,27). The van der Waals surface area contributed by atoms with Crippen molar-refractivity contribution in [3.63, 3.8) is 0 Å². The molecule has 0 radical (unpaired) electrons. The van der Waals surface area contributed by atoms with Crippen LogP contribution in [0, 0.1) is 0 Å². The number of nitrogens with one attached hydrogen (secondary N) is 1. The number of hydrogen-bond donors (Lipinski definition) is 1. The fourth-order valence-electron chi connectivity index (χ4n) is 3.57. The largest absolute Gasteiger partial charge is 0.447 e. The smallest absolute Gasteiger partial charge is 0.414 e. The number of hydrogen-bond acceptors (Lipinski definition) is 3. The molecule has 1 fully saturated rings. The summed E-state index contributed by atoms with van der Waals surface area (Å²) in [6, 6.07) is 26.8. The number of rotatable bonds is 5. The van der Waals surface area contributed by atoms with E-state index in [4.69, 9.17) is 4.74 Å². The number of cyclic esters (lactones) is 1. The molecule has 0 aliphatic carbocycles. The fraction of sp³-hybridized carbons (Fsp3) is 0.167. The van der Waals surface area contributed by atoms with Crippen LogP contribution >= 0.6 is 0 Å². The van der Waals surface area contributed by atoms with Crippen LogP contribution in [-0.4, -0.2) is 25.2 Å². The molecule has 1 N–H and O–H groups in total. The molecule has 3 aromatic carbocycles. The quantitative estimate of drug-likeness (QED) is 0.710. The van der Waals surface area contributed by atoms with Gasteiger partial charge in [0.2, 0.25) is 0 Å². The Morgan fingerprint density at radius 2 is 1.45 bits per heavy atom. The molecule has 0 saturated carbocycles. The number of ether oxygens (including phenoxy) is 1. The van der Waals surface area contributed by atoms with Crippen molar-refractivity contribution in [2.45, 2.75) is 12.5 Å². The maximum atomic E-state index is 13.1. The molecule has 5 nitrogen and oxygen atoms in total. The highest BCUT2D eigenvalue weighted by atomic mass is 16.6. The van der Waals surface area contributed by atoms with E-state index in [2.05, 4.69) is 5.32 Å². The molecule has 1 aliphatic rings. The van der Waals surface area contributed by atoms with Crippen molar-refractivity contribution in [1.29, 1.82) is 0 Å². The summed E-state index contributed by atoms with van der Waals surface area (Å²) in [6.07, 6.45) is -0.358. The third kappa shape index (κ3) is 3.72. The van der Waals surface area contributed by atoms with Crippen molar-refractivity contribution in [3.05, 3.63) is 102 Å². The van der Waals surface area contributed by atoms with Gasteiger partial charge in [-0.1, -0.05) is 60.7 Å². The second-order valence-electron chi connectivity index (χ2n) is 7.12. The Bertz CT molecular complexity index is 962. The third-order valence-electron chi connectivity index (χ3n) is 5.27. The summed E-state index contributed by atoms with van der Waals surface area (Å²) in [5, 5.41) is 3.20. The van der Waals surface area contributed by atoms with E-state index in [0.717, 1.165) is 16.8 Å². The molecule has 3 aromatic rings. The molecule has 1 saturated heterocycles. The monoisotopic (exact) mass is 386 g/mol. The zero-order chi connectivity index (χ0) is 20.3. The van der Waals surface area contributed by atoms with Gasteiger partial charge in [-0.15, -0.1) is 0 Å². The Morgan fingerprint density at radius 3 is 1.93 bits per heavy atom. The zero-order valence-electron chi connectivity index (χ0n) is 16.2. The molecule has 1 heterocycles. The average molecular weight is 386 g/mol. The topological polar surface area (TPSA) is 58.6 Å². The lowest BCUT2D eigenvalue weighted by atomic mass is 9.84. The van der Waals surface area contributed by atoms with Crippen LogP contribution in [0.2, 0.25) is 0 Å². The average Bonchev–Trinajstić information content (AvgIpc) is 3.21. The van der Waals surface area contributed by atoms with Crippen LogP contribution in [0.4, 0.5) is 10.5 Å².